The maximum atomic E-state index is 12.7. The van der Waals surface area contributed by atoms with Gasteiger partial charge >= 0.3 is 0 Å². The van der Waals surface area contributed by atoms with Crippen LogP contribution in [0.15, 0.2) is 24.3 Å². The first-order chi connectivity index (χ1) is 11.6. The molecule has 0 heterocycles. The Kier molecular flexibility index (Phi) is 9.46. The first kappa shape index (κ1) is 20.5. The number of carbonyl (C=O) groups is 1. The zero-order valence-corrected chi connectivity index (χ0v) is 15.7. The van der Waals surface area contributed by atoms with Crippen molar-refractivity contribution in [2.24, 2.45) is 0 Å². The number of amides is 1. The molecule has 4 nitrogen and oxygen atoms in total. The number of hydrogen-bond acceptors (Lipinski definition) is 3. The van der Waals surface area contributed by atoms with E-state index >= 15 is 0 Å². The van der Waals surface area contributed by atoms with E-state index in [1.807, 2.05) is 31.2 Å². The van der Waals surface area contributed by atoms with Crippen molar-refractivity contribution in [1.82, 2.24) is 0 Å². The average molecular weight is 335 g/mol. The van der Waals surface area contributed by atoms with E-state index in [9.17, 15) is 4.79 Å². The summed E-state index contributed by atoms with van der Waals surface area (Å²) < 4.78 is 11.5. The fraction of sp³-hybridized carbons (Fsp3) is 0.650. The van der Waals surface area contributed by atoms with E-state index in [4.69, 9.17) is 9.47 Å². The van der Waals surface area contributed by atoms with Crippen molar-refractivity contribution in [2.45, 2.75) is 71.8 Å². The smallest absolute Gasteiger partial charge is 0.256 e. The number of nitrogens with one attached hydrogen (secondary N) is 1. The molecular weight excluding hydrogens is 302 g/mol. The van der Waals surface area contributed by atoms with Gasteiger partial charge in [-0.1, -0.05) is 40.0 Å². The Morgan fingerprint density at radius 1 is 1.00 bits per heavy atom. The molecule has 1 aromatic carbocycles. The predicted octanol–water partition coefficient (Wildman–Crippen LogP) is 5.18. The van der Waals surface area contributed by atoms with Crippen LogP contribution in [0, 0.1) is 0 Å². The fourth-order valence-electron chi connectivity index (χ4n) is 2.41. The summed E-state index contributed by atoms with van der Waals surface area (Å²) in [4.78, 5) is 12.7. The lowest BCUT2D eigenvalue weighted by molar-refractivity contribution is -0.140. The van der Waals surface area contributed by atoms with Crippen LogP contribution in [0.25, 0.3) is 0 Å². The quantitative estimate of drug-likeness (QED) is 0.535. The highest BCUT2D eigenvalue weighted by molar-refractivity contribution is 5.97. The van der Waals surface area contributed by atoms with Crippen LogP contribution >= 0.6 is 0 Å². The highest BCUT2D eigenvalue weighted by Crippen LogP contribution is 2.23. The van der Waals surface area contributed by atoms with Gasteiger partial charge in [0.2, 0.25) is 0 Å². The molecule has 1 atom stereocenters. The minimum atomic E-state index is -0.775. The Bertz CT molecular complexity index is 472. The first-order valence-corrected chi connectivity index (χ1v) is 9.24. The lowest BCUT2D eigenvalue weighted by atomic mass is 9.96. The number of ether oxygens (including phenoxy) is 2. The molecule has 4 heteroatoms. The van der Waals surface area contributed by atoms with Crippen molar-refractivity contribution in [3.63, 3.8) is 0 Å². The summed E-state index contributed by atoms with van der Waals surface area (Å²) in [6.07, 6.45) is 5.86. The summed E-state index contributed by atoms with van der Waals surface area (Å²) in [6, 6.07) is 7.50. The first-order valence-electron chi connectivity index (χ1n) is 9.24. The van der Waals surface area contributed by atoms with E-state index in [0.717, 1.165) is 50.0 Å². The van der Waals surface area contributed by atoms with Crippen LogP contribution in [-0.2, 0) is 9.53 Å². The third-order valence-electron chi connectivity index (χ3n) is 3.95. The number of carbonyl (C=O) groups excluding carboxylic acids is 1. The lowest BCUT2D eigenvalue weighted by Gasteiger charge is -2.28. The molecule has 24 heavy (non-hydrogen) atoms. The molecule has 0 saturated heterocycles. The van der Waals surface area contributed by atoms with E-state index in [-0.39, 0.29) is 5.91 Å². The number of anilines is 1. The fourth-order valence-corrected chi connectivity index (χ4v) is 2.41. The Morgan fingerprint density at radius 3 is 2.25 bits per heavy atom. The second-order valence-corrected chi connectivity index (χ2v) is 6.36. The Balaban J connectivity index is 2.68. The lowest BCUT2D eigenvalue weighted by Crippen LogP contribution is -2.43. The standard InChI is InChI=1S/C20H33NO3/c1-5-8-9-14-20(4,24-16-7-3)19(22)21-17-10-12-18(13-11-17)23-15-6-2/h10-13H,5-9,14-16H2,1-4H3,(H,21,22)/t20-/m1/s1. The molecule has 0 bridgehead atoms. The maximum absolute atomic E-state index is 12.7. The minimum absolute atomic E-state index is 0.0747. The molecule has 0 unspecified atom stereocenters. The van der Waals surface area contributed by atoms with Crippen LogP contribution in [0.4, 0.5) is 5.69 Å². The highest BCUT2D eigenvalue weighted by atomic mass is 16.5. The Labute approximate surface area is 146 Å². The molecular formula is C20H33NO3. The monoisotopic (exact) mass is 335 g/mol. The largest absolute Gasteiger partial charge is 0.494 e. The van der Waals surface area contributed by atoms with Gasteiger partial charge in [-0.15, -0.1) is 0 Å². The molecule has 0 spiro atoms. The number of hydrogen-bond donors (Lipinski definition) is 1. The molecule has 1 N–H and O–H groups in total. The van der Waals surface area contributed by atoms with Gasteiger partial charge < -0.3 is 14.8 Å². The van der Waals surface area contributed by atoms with Gasteiger partial charge in [-0.3, -0.25) is 4.79 Å². The van der Waals surface area contributed by atoms with Gasteiger partial charge in [-0.25, -0.2) is 0 Å². The number of benzene rings is 1. The molecule has 136 valence electrons. The van der Waals surface area contributed by atoms with Gasteiger partial charge in [0.05, 0.1) is 6.61 Å². The molecule has 1 rings (SSSR count). The van der Waals surface area contributed by atoms with E-state index in [1.54, 1.807) is 0 Å². The predicted molar refractivity (Wildman–Crippen MR) is 99.6 cm³/mol. The highest BCUT2D eigenvalue weighted by Gasteiger charge is 2.33. The summed E-state index contributed by atoms with van der Waals surface area (Å²) >= 11 is 0. The SMILES string of the molecule is CCCCC[C@@](C)(OCCC)C(=O)Nc1ccc(OCCC)cc1. The molecule has 0 aliphatic heterocycles. The molecule has 0 saturated carbocycles. The molecule has 1 aromatic rings. The Morgan fingerprint density at radius 2 is 1.67 bits per heavy atom. The molecule has 0 aliphatic carbocycles. The van der Waals surface area contributed by atoms with Crippen molar-refractivity contribution in [2.75, 3.05) is 18.5 Å². The van der Waals surface area contributed by atoms with Crippen LogP contribution in [0.5, 0.6) is 5.75 Å². The molecule has 0 radical (unpaired) electrons. The third-order valence-corrected chi connectivity index (χ3v) is 3.95. The van der Waals surface area contributed by atoms with Crippen molar-refractivity contribution in [1.29, 1.82) is 0 Å². The zero-order valence-electron chi connectivity index (χ0n) is 15.7. The van der Waals surface area contributed by atoms with Crippen LogP contribution in [0.1, 0.15) is 66.2 Å². The summed E-state index contributed by atoms with van der Waals surface area (Å²) in [6.45, 7) is 9.48. The van der Waals surface area contributed by atoms with Crippen LogP contribution < -0.4 is 10.1 Å². The summed E-state index contributed by atoms with van der Waals surface area (Å²) in [5.41, 5.74) is -0.00610. The third kappa shape index (κ3) is 6.91. The number of unbranched alkanes of at least 4 members (excludes halogenated alkanes) is 2. The summed E-state index contributed by atoms with van der Waals surface area (Å²) in [5, 5.41) is 2.98. The van der Waals surface area contributed by atoms with Crippen molar-refractivity contribution >= 4 is 11.6 Å². The van der Waals surface area contributed by atoms with Gasteiger partial charge in [-0.05, 0) is 50.5 Å². The average Bonchev–Trinajstić information content (AvgIpc) is 2.59. The summed E-state index contributed by atoms with van der Waals surface area (Å²) in [7, 11) is 0. The van der Waals surface area contributed by atoms with E-state index in [0.29, 0.717) is 13.2 Å². The molecule has 0 aliphatic rings. The van der Waals surface area contributed by atoms with E-state index in [2.05, 4.69) is 26.1 Å². The van der Waals surface area contributed by atoms with Gasteiger partial charge in [0.15, 0.2) is 0 Å². The second kappa shape index (κ2) is 11.1. The summed E-state index contributed by atoms with van der Waals surface area (Å²) in [5.74, 6) is 0.747. The van der Waals surface area contributed by atoms with Gasteiger partial charge in [0, 0.05) is 12.3 Å². The van der Waals surface area contributed by atoms with E-state index < -0.39 is 5.60 Å². The van der Waals surface area contributed by atoms with Crippen LogP contribution in [0.3, 0.4) is 0 Å². The van der Waals surface area contributed by atoms with Gasteiger partial charge in [0.1, 0.15) is 11.4 Å². The zero-order chi connectivity index (χ0) is 17.8. The van der Waals surface area contributed by atoms with Crippen LogP contribution in [0.2, 0.25) is 0 Å². The molecule has 1 amide bonds. The molecule has 0 fully saturated rings. The van der Waals surface area contributed by atoms with Crippen molar-refractivity contribution < 1.29 is 14.3 Å². The second-order valence-electron chi connectivity index (χ2n) is 6.36. The normalized spacial score (nSPS) is 13.3. The Hall–Kier alpha value is -1.55. The molecule has 0 aromatic heterocycles. The van der Waals surface area contributed by atoms with Gasteiger partial charge in [0.25, 0.3) is 5.91 Å². The van der Waals surface area contributed by atoms with E-state index in [1.165, 1.54) is 0 Å². The topological polar surface area (TPSA) is 47.6 Å². The minimum Gasteiger partial charge on any atom is -0.494 e. The number of rotatable bonds is 12. The van der Waals surface area contributed by atoms with Crippen molar-refractivity contribution in [3.05, 3.63) is 24.3 Å². The van der Waals surface area contributed by atoms with Crippen molar-refractivity contribution in [3.8, 4) is 5.75 Å². The van der Waals surface area contributed by atoms with Crippen LogP contribution in [-0.4, -0.2) is 24.7 Å². The maximum Gasteiger partial charge on any atom is 0.256 e. The van der Waals surface area contributed by atoms with Gasteiger partial charge in [-0.2, -0.15) is 0 Å².